The Morgan fingerprint density at radius 2 is 2.17 bits per heavy atom. The van der Waals surface area contributed by atoms with Crippen LogP contribution in [0.15, 0.2) is 42.7 Å². The molecule has 0 saturated heterocycles. The van der Waals surface area contributed by atoms with Gasteiger partial charge in [-0.05, 0) is 31.2 Å². The van der Waals surface area contributed by atoms with Crippen molar-refractivity contribution in [2.75, 3.05) is 6.61 Å². The standard InChI is InChI=1S/C16H13N3O5/c1-2-23-16(20)13-7-10-6-12(24-11-4-3-5-17-9-11)8-14(19(21)22)15(10)18-13/h3-9,18H,2H2,1H3. The van der Waals surface area contributed by atoms with Gasteiger partial charge in [0, 0.05) is 11.6 Å². The van der Waals surface area contributed by atoms with E-state index in [1.165, 1.54) is 18.3 Å². The topological polar surface area (TPSA) is 107 Å². The van der Waals surface area contributed by atoms with Gasteiger partial charge in [-0.15, -0.1) is 0 Å². The Morgan fingerprint density at radius 3 is 2.83 bits per heavy atom. The molecule has 2 heterocycles. The lowest BCUT2D eigenvalue weighted by Gasteiger charge is -2.05. The summed E-state index contributed by atoms with van der Waals surface area (Å²) in [4.78, 5) is 29.3. The molecule has 24 heavy (non-hydrogen) atoms. The molecule has 122 valence electrons. The van der Waals surface area contributed by atoms with Gasteiger partial charge in [-0.2, -0.15) is 0 Å². The second kappa shape index (κ2) is 6.37. The number of nitrogens with zero attached hydrogens (tertiary/aromatic N) is 2. The van der Waals surface area contributed by atoms with Gasteiger partial charge >= 0.3 is 5.97 Å². The fraction of sp³-hybridized carbons (Fsp3) is 0.125. The molecule has 0 amide bonds. The monoisotopic (exact) mass is 327 g/mol. The number of non-ortho nitro benzene ring substituents is 1. The molecule has 0 aliphatic heterocycles. The Labute approximate surface area is 136 Å². The molecule has 0 atom stereocenters. The van der Waals surface area contributed by atoms with Gasteiger partial charge in [0.2, 0.25) is 0 Å². The highest BCUT2D eigenvalue weighted by atomic mass is 16.6. The molecule has 0 bridgehead atoms. The van der Waals surface area contributed by atoms with Crippen LogP contribution < -0.4 is 4.74 Å². The summed E-state index contributed by atoms with van der Waals surface area (Å²) in [6.45, 7) is 1.90. The lowest BCUT2D eigenvalue weighted by molar-refractivity contribution is -0.383. The molecule has 0 spiro atoms. The van der Waals surface area contributed by atoms with Crippen LogP contribution >= 0.6 is 0 Å². The van der Waals surface area contributed by atoms with Gasteiger partial charge < -0.3 is 14.5 Å². The van der Waals surface area contributed by atoms with Gasteiger partial charge in [-0.25, -0.2) is 4.79 Å². The first-order valence-electron chi connectivity index (χ1n) is 7.14. The van der Waals surface area contributed by atoms with Gasteiger partial charge in [0.25, 0.3) is 5.69 Å². The Balaban J connectivity index is 2.06. The Morgan fingerprint density at radius 1 is 1.33 bits per heavy atom. The molecule has 3 rings (SSSR count). The molecule has 2 aromatic heterocycles. The van der Waals surface area contributed by atoms with Crippen LogP contribution in [-0.2, 0) is 4.74 Å². The molecule has 8 nitrogen and oxygen atoms in total. The smallest absolute Gasteiger partial charge is 0.354 e. The number of hydrogen-bond acceptors (Lipinski definition) is 6. The predicted octanol–water partition coefficient (Wildman–Crippen LogP) is 3.44. The summed E-state index contributed by atoms with van der Waals surface area (Å²) in [7, 11) is 0. The van der Waals surface area contributed by atoms with E-state index in [2.05, 4.69) is 9.97 Å². The van der Waals surface area contributed by atoms with Crippen molar-refractivity contribution in [1.29, 1.82) is 0 Å². The fourth-order valence-electron chi connectivity index (χ4n) is 2.26. The van der Waals surface area contributed by atoms with E-state index in [1.807, 2.05) is 0 Å². The number of hydrogen-bond donors (Lipinski definition) is 1. The van der Waals surface area contributed by atoms with Crippen LogP contribution in [0.25, 0.3) is 10.9 Å². The highest BCUT2D eigenvalue weighted by Gasteiger charge is 2.20. The van der Waals surface area contributed by atoms with Crippen LogP contribution in [-0.4, -0.2) is 27.5 Å². The molecule has 0 unspecified atom stereocenters. The number of fused-ring (bicyclic) bond motifs is 1. The van der Waals surface area contributed by atoms with Crippen LogP contribution in [0.3, 0.4) is 0 Å². The third kappa shape index (κ3) is 3.02. The first kappa shape index (κ1) is 15.5. The lowest BCUT2D eigenvalue weighted by Crippen LogP contribution is -2.04. The molecule has 8 heteroatoms. The van der Waals surface area contributed by atoms with Crippen molar-refractivity contribution in [2.24, 2.45) is 0 Å². The Bertz CT molecular complexity index is 905. The molecular weight excluding hydrogens is 314 g/mol. The maximum Gasteiger partial charge on any atom is 0.354 e. The average molecular weight is 327 g/mol. The van der Waals surface area contributed by atoms with Crippen molar-refractivity contribution < 1.29 is 19.2 Å². The number of benzene rings is 1. The summed E-state index contributed by atoms with van der Waals surface area (Å²) in [5.41, 5.74) is 0.192. The maximum atomic E-state index is 11.8. The van der Waals surface area contributed by atoms with E-state index in [9.17, 15) is 14.9 Å². The minimum absolute atomic E-state index is 0.147. The lowest BCUT2D eigenvalue weighted by atomic mass is 10.2. The molecule has 3 aromatic rings. The normalized spacial score (nSPS) is 10.5. The van der Waals surface area contributed by atoms with E-state index in [1.54, 1.807) is 31.3 Å². The maximum absolute atomic E-state index is 11.8. The number of rotatable bonds is 5. The Hall–Kier alpha value is -3.42. The number of carbonyl (C=O) groups is 1. The second-order valence-electron chi connectivity index (χ2n) is 4.86. The number of ether oxygens (including phenoxy) is 2. The Kier molecular flexibility index (Phi) is 4.11. The number of pyridine rings is 1. The fourth-order valence-corrected chi connectivity index (χ4v) is 2.26. The van der Waals surface area contributed by atoms with Gasteiger partial charge in [0.05, 0.1) is 23.8 Å². The molecule has 0 saturated carbocycles. The molecule has 1 aromatic carbocycles. The van der Waals surface area contributed by atoms with Crippen molar-refractivity contribution in [2.45, 2.75) is 6.92 Å². The predicted molar refractivity (Wildman–Crippen MR) is 85.2 cm³/mol. The van der Waals surface area contributed by atoms with Crippen LogP contribution in [0.5, 0.6) is 11.5 Å². The van der Waals surface area contributed by atoms with Gasteiger partial charge in [-0.3, -0.25) is 15.1 Å². The van der Waals surface area contributed by atoms with Gasteiger partial charge in [0.1, 0.15) is 22.7 Å². The summed E-state index contributed by atoms with van der Waals surface area (Å²) in [5, 5.41) is 11.8. The number of nitrogens with one attached hydrogen (secondary N) is 1. The number of nitro benzene ring substituents is 1. The number of esters is 1. The van der Waals surface area contributed by atoms with Crippen LogP contribution in [0.4, 0.5) is 5.69 Å². The largest absolute Gasteiger partial charge is 0.461 e. The number of carbonyl (C=O) groups excluding carboxylic acids is 1. The van der Waals surface area contributed by atoms with Crippen molar-refractivity contribution in [3.63, 3.8) is 0 Å². The summed E-state index contributed by atoms with van der Waals surface area (Å²) in [5.74, 6) is 0.154. The second-order valence-corrected chi connectivity index (χ2v) is 4.86. The SMILES string of the molecule is CCOC(=O)c1cc2cc(Oc3cccnc3)cc([N+](=O)[O-])c2[nH]1. The quantitative estimate of drug-likeness (QED) is 0.437. The zero-order valence-corrected chi connectivity index (χ0v) is 12.7. The average Bonchev–Trinajstić information content (AvgIpc) is 2.99. The summed E-state index contributed by atoms with van der Waals surface area (Å²) in [6.07, 6.45) is 3.09. The highest BCUT2D eigenvalue weighted by molar-refractivity contribution is 5.98. The van der Waals surface area contributed by atoms with Crippen LogP contribution in [0.2, 0.25) is 0 Å². The van der Waals surface area contributed by atoms with Crippen LogP contribution in [0.1, 0.15) is 17.4 Å². The number of nitro groups is 1. The van der Waals surface area contributed by atoms with Gasteiger partial charge in [-0.1, -0.05) is 0 Å². The number of aromatic nitrogens is 2. The molecule has 0 aliphatic carbocycles. The van der Waals surface area contributed by atoms with Crippen LogP contribution in [0, 0.1) is 10.1 Å². The van der Waals surface area contributed by atoms with Crippen molar-refractivity contribution in [3.05, 3.63) is 58.5 Å². The summed E-state index contributed by atoms with van der Waals surface area (Å²) < 4.78 is 10.5. The third-order valence-corrected chi connectivity index (χ3v) is 3.24. The van der Waals surface area contributed by atoms with Crippen molar-refractivity contribution >= 4 is 22.6 Å². The molecule has 0 radical (unpaired) electrons. The van der Waals surface area contributed by atoms with Crippen molar-refractivity contribution in [1.82, 2.24) is 9.97 Å². The summed E-state index contributed by atoms with van der Waals surface area (Å²) >= 11 is 0. The molecule has 1 N–H and O–H groups in total. The summed E-state index contributed by atoms with van der Waals surface area (Å²) in [6, 6.07) is 7.77. The van der Waals surface area contributed by atoms with E-state index < -0.39 is 10.9 Å². The first-order chi connectivity index (χ1) is 11.6. The zero-order chi connectivity index (χ0) is 17.1. The first-order valence-corrected chi connectivity index (χ1v) is 7.14. The van der Waals surface area contributed by atoms with E-state index in [4.69, 9.17) is 9.47 Å². The van der Waals surface area contributed by atoms with Crippen molar-refractivity contribution in [3.8, 4) is 11.5 Å². The van der Waals surface area contributed by atoms with E-state index in [0.29, 0.717) is 11.1 Å². The highest BCUT2D eigenvalue weighted by Crippen LogP contribution is 2.33. The zero-order valence-electron chi connectivity index (χ0n) is 12.7. The van der Waals surface area contributed by atoms with Gasteiger partial charge in [0.15, 0.2) is 0 Å². The minimum atomic E-state index is -0.572. The molecule has 0 aliphatic rings. The minimum Gasteiger partial charge on any atom is -0.461 e. The number of H-pyrrole nitrogens is 1. The van der Waals surface area contributed by atoms with E-state index >= 15 is 0 Å². The third-order valence-electron chi connectivity index (χ3n) is 3.24. The van der Waals surface area contributed by atoms with E-state index in [-0.39, 0.29) is 29.3 Å². The van der Waals surface area contributed by atoms with E-state index in [0.717, 1.165) is 0 Å². The molecular formula is C16H13N3O5. The number of aromatic amines is 1. The molecule has 0 fully saturated rings.